The number of ether oxygens (including phenoxy) is 1. The van der Waals surface area contributed by atoms with E-state index in [4.69, 9.17) is 39.5 Å². The van der Waals surface area contributed by atoms with Crippen molar-refractivity contribution in [3.8, 4) is 0 Å². The van der Waals surface area contributed by atoms with Crippen LogP contribution in [0.3, 0.4) is 0 Å². The summed E-state index contributed by atoms with van der Waals surface area (Å²) in [6.45, 7) is 1.84. The Balaban J connectivity index is 2.15. The fourth-order valence-electron chi connectivity index (χ4n) is 2.44. The summed E-state index contributed by atoms with van der Waals surface area (Å²) < 4.78 is 7.29. The van der Waals surface area contributed by atoms with Crippen LogP contribution in [0.5, 0.6) is 0 Å². The van der Waals surface area contributed by atoms with Gasteiger partial charge in [0.25, 0.3) is 5.91 Å². The molecule has 0 N–H and O–H groups in total. The summed E-state index contributed by atoms with van der Waals surface area (Å²) in [6, 6.07) is 9.67. The number of fused-ring (bicyclic) bond motifs is 1. The molecule has 0 aliphatic rings. The van der Waals surface area contributed by atoms with Crippen molar-refractivity contribution in [2.75, 3.05) is 6.61 Å². The molecule has 0 bridgehead atoms. The number of hydrogen-bond donors (Lipinski definition) is 0. The van der Waals surface area contributed by atoms with E-state index in [0.29, 0.717) is 35.6 Å². The van der Waals surface area contributed by atoms with Crippen LogP contribution in [0.4, 0.5) is 0 Å². The molecule has 1 aromatic heterocycles. The van der Waals surface area contributed by atoms with E-state index >= 15 is 0 Å². The lowest BCUT2D eigenvalue weighted by atomic mass is 10.2. The summed E-state index contributed by atoms with van der Waals surface area (Å²) in [5.41, 5.74) is 0.949. The van der Waals surface area contributed by atoms with Crippen molar-refractivity contribution in [3.63, 3.8) is 0 Å². The Morgan fingerprint density at radius 2 is 1.81 bits per heavy atom. The van der Waals surface area contributed by atoms with Gasteiger partial charge in [0.1, 0.15) is 6.54 Å². The molecule has 27 heavy (non-hydrogen) atoms. The number of thiazole rings is 1. The van der Waals surface area contributed by atoms with Crippen molar-refractivity contribution < 1.29 is 14.3 Å². The van der Waals surface area contributed by atoms with E-state index in [0.717, 1.165) is 0 Å². The van der Waals surface area contributed by atoms with Gasteiger partial charge >= 0.3 is 5.97 Å². The molecule has 0 aliphatic heterocycles. The molecule has 0 unspecified atom stereocenters. The number of esters is 1. The van der Waals surface area contributed by atoms with Gasteiger partial charge in [-0.1, -0.05) is 46.1 Å². The van der Waals surface area contributed by atoms with E-state index in [9.17, 15) is 9.59 Å². The smallest absolute Gasteiger partial charge is 0.326 e. The first kappa shape index (κ1) is 19.9. The number of aromatic nitrogens is 1. The predicted octanol–water partition coefficient (Wildman–Crippen LogP) is 4.97. The molecular formula is C18H13Cl3N2O3S. The number of halogens is 3. The van der Waals surface area contributed by atoms with Gasteiger partial charge in [0.2, 0.25) is 0 Å². The lowest BCUT2D eigenvalue weighted by Crippen LogP contribution is -2.23. The average molecular weight is 444 g/mol. The van der Waals surface area contributed by atoms with Gasteiger partial charge in [-0.05, 0) is 43.3 Å². The normalized spacial score (nSPS) is 11.8. The Kier molecular flexibility index (Phi) is 6.22. The second kappa shape index (κ2) is 8.44. The maximum absolute atomic E-state index is 12.5. The number of carbonyl (C=O) groups excluding carboxylic acids is 2. The van der Waals surface area contributed by atoms with Crippen LogP contribution >= 0.6 is 46.1 Å². The number of nitrogens with zero attached hydrogens (tertiary/aromatic N) is 2. The molecule has 0 saturated carbocycles. The molecular weight excluding hydrogens is 431 g/mol. The van der Waals surface area contributed by atoms with E-state index in [1.807, 2.05) is 0 Å². The molecule has 0 saturated heterocycles. The highest BCUT2D eigenvalue weighted by molar-refractivity contribution is 7.16. The van der Waals surface area contributed by atoms with Gasteiger partial charge in [-0.25, -0.2) is 0 Å². The number of benzene rings is 2. The van der Waals surface area contributed by atoms with Crippen LogP contribution in [0.25, 0.3) is 10.2 Å². The van der Waals surface area contributed by atoms with Crippen molar-refractivity contribution in [2.45, 2.75) is 13.5 Å². The minimum absolute atomic E-state index is 0.123. The van der Waals surface area contributed by atoms with Crippen molar-refractivity contribution in [1.82, 2.24) is 4.57 Å². The van der Waals surface area contributed by atoms with Crippen LogP contribution in [0.15, 0.2) is 41.4 Å². The van der Waals surface area contributed by atoms with E-state index in [1.165, 1.54) is 11.3 Å². The molecule has 0 spiro atoms. The Morgan fingerprint density at radius 3 is 2.48 bits per heavy atom. The second-order valence-corrected chi connectivity index (χ2v) is 7.72. The Morgan fingerprint density at radius 1 is 1.11 bits per heavy atom. The zero-order valence-electron chi connectivity index (χ0n) is 14.0. The summed E-state index contributed by atoms with van der Waals surface area (Å²) in [6.07, 6.45) is 0. The van der Waals surface area contributed by atoms with Crippen LogP contribution in [-0.4, -0.2) is 23.1 Å². The van der Waals surface area contributed by atoms with Gasteiger partial charge in [0.05, 0.1) is 21.8 Å². The third-order valence-corrected chi connectivity index (χ3v) is 5.36. The number of amides is 1. The minimum atomic E-state index is -0.460. The zero-order valence-corrected chi connectivity index (χ0v) is 17.1. The third-order valence-electron chi connectivity index (χ3n) is 3.58. The molecule has 0 aliphatic carbocycles. The Bertz CT molecular complexity index is 1090. The SMILES string of the molecule is CCOC(=O)Cn1c(=NC(=O)c2ccc(Cl)cc2)sc2cc(Cl)cc(Cl)c21. The lowest BCUT2D eigenvalue weighted by molar-refractivity contribution is -0.143. The molecule has 3 rings (SSSR count). The zero-order chi connectivity index (χ0) is 19.6. The maximum atomic E-state index is 12.5. The van der Waals surface area contributed by atoms with E-state index in [2.05, 4.69) is 4.99 Å². The Hall–Kier alpha value is -1.86. The van der Waals surface area contributed by atoms with Crippen LogP contribution in [0, 0.1) is 0 Å². The molecule has 140 valence electrons. The summed E-state index contributed by atoms with van der Waals surface area (Å²) in [4.78, 5) is 29.0. The summed E-state index contributed by atoms with van der Waals surface area (Å²) >= 11 is 19.5. The highest BCUT2D eigenvalue weighted by Gasteiger charge is 2.16. The molecule has 1 heterocycles. The second-order valence-electron chi connectivity index (χ2n) is 5.43. The van der Waals surface area contributed by atoms with Crippen LogP contribution in [0.1, 0.15) is 17.3 Å². The predicted molar refractivity (Wildman–Crippen MR) is 108 cm³/mol. The number of hydrogen-bond acceptors (Lipinski definition) is 4. The van der Waals surface area contributed by atoms with Gasteiger partial charge in [0, 0.05) is 15.6 Å². The molecule has 3 aromatic rings. The van der Waals surface area contributed by atoms with Gasteiger partial charge < -0.3 is 9.30 Å². The fourth-order valence-corrected chi connectivity index (χ4v) is 4.38. The maximum Gasteiger partial charge on any atom is 0.326 e. The molecule has 0 atom stereocenters. The number of carbonyl (C=O) groups is 2. The molecule has 0 fully saturated rings. The average Bonchev–Trinajstić information content (AvgIpc) is 2.92. The van der Waals surface area contributed by atoms with Crippen molar-refractivity contribution in [1.29, 1.82) is 0 Å². The van der Waals surface area contributed by atoms with Gasteiger partial charge in [0.15, 0.2) is 4.80 Å². The molecule has 0 radical (unpaired) electrons. The quantitative estimate of drug-likeness (QED) is 0.535. The van der Waals surface area contributed by atoms with Gasteiger partial charge in [-0.3, -0.25) is 9.59 Å². The summed E-state index contributed by atoms with van der Waals surface area (Å²) in [7, 11) is 0. The molecule has 2 aromatic carbocycles. The van der Waals surface area contributed by atoms with Crippen LogP contribution < -0.4 is 4.80 Å². The van der Waals surface area contributed by atoms with Gasteiger partial charge in [-0.15, -0.1) is 0 Å². The highest BCUT2D eigenvalue weighted by Crippen LogP contribution is 2.29. The van der Waals surface area contributed by atoms with Crippen LogP contribution in [-0.2, 0) is 16.1 Å². The summed E-state index contributed by atoms with van der Waals surface area (Å²) in [5, 5.41) is 1.33. The van der Waals surface area contributed by atoms with Crippen LogP contribution in [0.2, 0.25) is 15.1 Å². The fraction of sp³-hybridized carbons (Fsp3) is 0.167. The summed E-state index contributed by atoms with van der Waals surface area (Å²) in [5.74, 6) is -0.915. The largest absolute Gasteiger partial charge is 0.465 e. The number of rotatable bonds is 4. The first-order valence-corrected chi connectivity index (χ1v) is 9.82. The monoisotopic (exact) mass is 442 g/mol. The lowest BCUT2D eigenvalue weighted by Gasteiger charge is -2.06. The van der Waals surface area contributed by atoms with E-state index in [-0.39, 0.29) is 13.2 Å². The molecule has 9 heteroatoms. The minimum Gasteiger partial charge on any atom is -0.465 e. The molecule has 1 amide bonds. The van der Waals surface area contributed by atoms with Gasteiger partial charge in [-0.2, -0.15) is 4.99 Å². The van der Waals surface area contributed by atoms with Crippen molar-refractivity contribution in [3.05, 3.63) is 61.8 Å². The molecule has 5 nitrogen and oxygen atoms in total. The van der Waals surface area contributed by atoms with Crippen molar-refractivity contribution in [2.24, 2.45) is 4.99 Å². The third kappa shape index (κ3) is 4.52. The highest BCUT2D eigenvalue weighted by atomic mass is 35.5. The van der Waals surface area contributed by atoms with E-state index < -0.39 is 11.9 Å². The first-order valence-electron chi connectivity index (χ1n) is 7.87. The van der Waals surface area contributed by atoms with Crippen molar-refractivity contribution >= 4 is 68.2 Å². The topological polar surface area (TPSA) is 60.7 Å². The first-order chi connectivity index (χ1) is 12.9. The van der Waals surface area contributed by atoms with E-state index in [1.54, 1.807) is 47.9 Å². The standard InChI is InChI=1S/C18H13Cl3N2O3S/c1-2-26-15(24)9-23-16-13(21)7-12(20)8-14(16)27-18(23)22-17(25)10-3-5-11(19)6-4-10/h3-8H,2,9H2,1H3. The Labute approximate surface area is 173 Å².